The van der Waals surface area contributed by atoms with Gasteiger partial charge in [0.05, 0.1) is 0 Å². The van der Waals surface area contributed by atoms with E-state index < -0.39 is 12.2 Å². The molecule has 0 saturated heterocycles. The summed E-state index contributed by atoms with van der Waals surface area (Å²) in [6.07, 6.45) is -1.64. The fourth-order valence-corrected chi connectivity index (χ4v) is 3.49. The molecule has 0 aliphatic heterocycles. The van der Waals surface area contributed by atoms with Gasteiger partial charge in [0.15, 0.2) is 0 Å². The van der Waals surface area contributed by atoms with Crippen molar-refractivity contribution in [2.75, 3.05) is 11.5 Å². The van der Waals surface area contributed by atoms with Gasteiger partial charge in [-0.2, -0.15) is 0 Å². The highest BCUT2D eigenvalue weighted by molar-refractivity contribution is 8.76. The van der Waals surface area contributed by atoms with Gasteiger partial charge in [-0.25, -0.2) is 9.59 Å². The van der Waals surface area contributed by atoms with Gasteiger partial charge < -0.3 is 19.8 Å². The molecule has 0 aromatic heterocycles. The number of hydrogen-bond acceptors (Lipinski definition) is 8. The maximum atomic E-state index is 10.1. The molecular formula is C4H8N2O4S4. The van der Waals surface area contributed by atoms with Gasteiger partial charge in [-0.15, -0.1) is 0 Å². The Labute approximate surface area is 96.8 Å². The van der Waals surface area contributed by atoms with Gasteiger partial charge in [-0.3, -0.25) is 0 Å². The third-order valence-electron chi connectivity index (χ3n) is 0.579. The highest BCUT2D eigenvalue weighted by atomic mass is 33.1. The standard InChI is InChI=1S/C4H8N2O4S4/c5-3(7)9-13-11-1-2-12-14-10-4(6)8/h1-2H2,(H2,5,7)(H2,6,8). The molecule has 10 heteroatoms. The molecule has 0 atom stereocenters. The zero-order valence-corrected chi connectivity index (χ0v) is 10.1. The second-order valence-electron chi connectivity index (χ2n) is 1.58. The predicted octanol–water partition coefficient (Wildman–Crippen LogP) is 1.77. The number of hydrogen-bond donors (Lipinski definition) is 2. The number of primary amides is 2. The fraction of sp³-hybridized carbons (Fsp3) is 0.500. The van der Waals surface area contributed by atoms with Gasteiger partial charge in [0.25, 0.3) is 0 Å². The highest BCUT2D eigenvalue weighted by Crippen LogP contribution is 2.27. The van der Waals surface area contributed by atoms with Gasteiger partial charge >= 0.3 is 12.2 Å². The quantitative estimate of drug-likeness (QED) is 0.412. The Hall–Kier alpha value is -0.0600. The lowest BCUT2D eigenvalue weighted by molar-refractivity contribution is 0.218. The van der Waals surface area contributed by atoms with Gasteiger partial charge in [0.2, 0.25) is 0 Å². The lowest BCUT2D eigenvalue weighted by atomic mass is 11.0. The minimum absolute atomic E-state index is 0.720. The molecule has 0 rings (SSSR count). The molecule has 82 valence electrons. The number of carbonyl (C=O) groups excluding carboxylic acids is 2. The van der Waals surface area contributed by atoms with Crippen molar-refractivity contribution in [1.29, 1.82) is 0 Å². The highest BCUT2D eigenvalue weighted by Gasteiger charge is 1.98. The van der Waals surface area contributed by atoms with Crippen LogP contribution in [-0.4, -0.2) is 23.7 Å². The van der Waals surface area contributed by atoms with Crippen LogP contribution in [0, 0.1) is 0 Å². The Morgan fingerprint density at radius 3 is 1.57 bits per heavy atom. The molecule has 14 heavy (non-hydrogen) atoms. The van der Waals surface area contributed by atoms with Crippen molar-refractivity contribution in [3.63, 3.8) is 0 Å². The number of carbonyl (C=O) groups is 2. The summed E-state index contributed by atoms with van der Waals surface area (Å²) < 4.78 is 8.77. The Morgan fingerprint density at radius 2 is 1.29 bits per heavy atom. The van der Waals surface area contributed by atoms with Crippen molar-refractivity contribution >= 4 is 55.9 Å². The van der Waals surface area contributed by atoms with E-state index in [9.17, 15) is 9.59 Å². The second-order valence-corrected chi connectivity index (χ2v) is 5.71. The van der Waals surface area contributed by atoms with Crippen LogP contribution in [0.3, 0.4) is 0 Å². The van der Waals surface area contributed by atoms with Crippen molar-refractivity contribution in [2.45, 2.75) is 0 Å². The number of amides is 2. The number of rotatable bonds is 7. The van der Waals surface area contributed by atoms with E-state index in [2.05, 4.69) is 8.37 Å². The summed E-state index contributed by atoms with van der Waals surface area (Å²) in [5, 5.41) is 0. The summed E-state index contributed by atoms with van der Waals surface area (Å²) in [6, 6.07) is 0. The molecule has 0 heterocycles. The molecule has 0 aromatic carbocycles. The first kappa shape index (κ1) is 13.9. The maximum absolute atomic E-state index is 10.1. The van der Waals surface area contributed by atoms with Crippen LogP contribution >= 0.6 is 43.7 Å². The van der Waals surface area contributed by atoms with Crippen LogP contribution in [0.2, 0.25) is 0 Å². The summed E-state index contributed by atoms with van der Waals surface area (Å²) in [7, 11) is 2.66. The lowest BCUT2D eigenvalue weighted by Gasteiger charge is -1.98. The van der Waals surface area contributed by atoms with Gasteiger partial charge in [0.1, 0.15) is 22.1 Å². The summed E-state index contributed by atoms with van der Waals surface area (Å²) in [5.74, 6) is 1.44. The molecule has 0 aromatic rings. The zero-order chi connectivity index (χ0) is 10.8. The van der Waals surface area contributed by atoms with E-state index in [4.69, 9.17) is 11.5 Å². The molecule has 0 aliphatic carbocycles. The summed E-state index contributed by atoms with van der Waals surface area (Å²) in [6.45, 7) is 0. The third-order valence-corrected chi connectivity index (χ3v) is 4.22. The Kier molecular flexibility index (Phi) is 9.45. The van der Waals surface area contributed by atoms with E-state index in [-0.39, 0.29) is 0 Å². The predicted molar refractivity (Wildman–Crippen MR) is 61.4 cm³/mol. The smallest absolute Gasteiger partial charge is 0.363 e. The largest absolute Gasteiger partial charge is 0.417 e. The summed E-state index contributed by atoms with van der Waals surface area (Å²) in [4.78, 5) is 20.2. The van der Waals surface area contributed by atoms with Crippen LogP contribution in [-0.2, 0) is 8.37 Å². The Bertz CT molecular complexity index is 172. The molecular weight excluding hydrogens is 268 g/mol. The van der Waals surface area contributed by atoms with Crippen molar-refractivity contribution in [3.8, 4) is 0 Å². The van der Waals surface area contributed by atoms with Crippen LogP contribution < -0.4 is 11.5 Å². The SMILES string of the molecule is NC(=O)OSSCCSSOC(N)=O. The zero-order valence-electron chi connectivity index (χ0n) is 6.83. The molecule has 0 saturated carbocycles. The van der Waals surface area contributed by atoms with E-state index >= 15 is 0 Å². The normalized spacial score (nSPS) is 9.43. The van der Waals surface area contributed by atoms with E-state index in [1.54, 1.807) is 0 Å². The molecule has 0 spiro atoms. The molecule has 0 aliphatic rings. The fourth-order valence-electron chi connectivity index (χ4n) is 0.251. The lowest BCUT2D eigenvalue weighted by Crippen LogP contribution is -2.07. The molecule has 0 bridgehead atoms. The van der Waals surface area contributed by atoms with E-state index in [0.29, 0.717) is 0 Å². The molecule has 0 radical (unpaired) electrons. The topological polar surface area (TPSA) is 105 Å². The molecule has 6 nitrogen and oxygen atoms in total. The average Bonchev–Trinajstić information content (AvgIpc) is 2.08. The monoisotopic (exact) mass is 276 g/mol. The van der Waals surface area contributed by atoms with Gasteiger partial charge in [-0.05, 0) is 0 Å². The van der Waals surface area contributed by atoms with E-state index in [1.165, 1.54) is 21.6 Å². The number of nitrogens with two attached hydrogens (primary N) is 2. The van der Waals surface area contributed by atoms with Gasteiger partial charge in [-0.1, -0.05) is 21.6 Å². The van der Waals surface area contributed by atoms with Crippen molar-refractivity contribution in [2.24, 2.45) is 11.5 Å². The van der Waals surface area contributed by atoms with Crippen LogP contribution in [0.15, 0.2) is 0 Å². The first-order chi connectivity index (χ1) is 6.63. The molecule has 4 N–H and O–H groups in total. The molecule has 2 amide bonds. The van der Waals surface area contributed by atoms with Crippen LogP contribution in [0.25, 0.3) is 0 Å². The van der Waals surface area contributed by atoms with E-state index in [1.807, 2.05) is 0 Å². The summed E-state index contributed by atoms with van der Waals surface area (Å²) >= 11 is 1.83. The minimum atomic E-state index is -0.818. The Balaban J connectivity index is 2.99. The molecule has 0 unspecified atom stereocenters. The van der Waals surface area contributed by atoms with E-state index in [0.717, 1.165) is 33.7 Å². The molecule has 0 fully saturated rings. The van der Waals surface area contributed by atoms with Crippen molar-refractivity contribution in [3.05, 3.63) is 0 Å². The van der Waals surface area contributed by atoms with Crippen molar-refractivity contribution in [1.82, 2.24) is 0 Å². The average molecular weight is 276 g/mol. The second kappa shape index (κ2) is 9.49. The third kappa shape index (κ3) is 11.9. The first-order valence-electron chi connectivity index (χ1n) is 3.14. The van der Waals surface area contributed by atoms with Crippen LogP contribution in [0.4, 0.5) is 9.59 Å². The maximum Gasteiger partial charge on any atom is 0.417 e. The summed E-state index contributed by atoms with van der Waals surface area (Å²) in [5.41, 5.74) is 9.42. The van der Waals surface area contributed by atoms with Crippen LogP contribution in [0.5, 0.6) is 0 Å². The Morgan fingerprint density at radius 1 is 0.929 bits per heavy atom. The van der Waals surface area contributed by atoms with Gasteiger partial charge in [0, 0.05) is 11.5 Å². The first-order valence-corrected chi connectivity index (χ1v) is 7.63. The van der Waals surface area contributed by atoms with Crippen molar-refractivity contribution < 1.29 is 18.0 Å². The van der Waals surface area contributed by atoms with Crippen LogP contribution in [0.1, 0.15) is 0 Å². The minimum Gasteiger partial charge on any atom is -0.363 e.